The monoisotopic (exact) mass is 306 g/mol. The second kappa shape index (κ2) is 5.85. The van der Waals surface area contributed by atoms with Crippen LogP contribution in [-0.4, -0.2) is 38.0 Å². The number of ether oxygens (including phenoxy) is 1. The molecule has 0 radical (unpaired) electrons. The summed E-state index contributed by atoms with van der Waals surface area (Å²) in [7, 11) is 1.61. The van der Waals surface area contributed by atoms with Crippen molar-refractivity contribution in [2.45, 2.75) is 12.6 Å². The largest absolute Gasteiger partial charge is 0.383 e. The van der Waals surface area contributed by atoms with Crippen LogP contribution in [0.2, 0.25) is 5.02 Å². The first-order chi connectivity index (χ1) is 10.2. The lowest BCUT2D eigenvalue weighted by Crippen LogP contribution is -2.13. The summed E-state index contributed by atoms with van der Waals surface area (Å²) in [6, 6.07) is 5.68. The van der Waals surface area contributed by atoms with Gasteiger partial charge in [-0.2, -0.15) is 5.10 Å². The molecule has 110 valence electrons. The molecule has 0 aliphatic heterocycles. The van der Waals surface area contributed by atoms with E-state index >= 15 is 0 Å². The van der Waals surface area contributed by atoms with Gasteiger partial charge in [0, 0.05) is 19.5 Å². The van der Waals surface area contributed by atoms with Crippen LogP contribution in [-0.2, 0) is 11.3 Å². The number of hydrogen-bond donors (Lipinski definition) is 1. The molecule has 3 aromatic heterocycles. The van der Waals surface area contributed by atoms with E-state index in [0.29, 0.717) is 29.6 Å². The zero-order chi connectivity index (χ0) is 14.8. The molecule has 0 saturated heterocycles. The molecule has 21 heavy (non-hydrogen) atoms. The summed E-state index contributed by atoms with van der Waals surface area (Å²) >= 11 is 6.15. The van der Waals surface area contributed by atoms with Crippen LogP contribution in [0, 0.1) is 0 Å². The first kappa shape index (κ1) is 14.1. The van der Waals surface area contributed by atoms with Crippen LogP contribution in [0.15, 0.2) is 36.8 Å². The zero-order valence-electron chi connectivity index (χ0n) is 11.5. The second-order valence-corrected chi connectivity index (χ2v) is 5.04. The number of rotatable bonds is 5. The Bertz CT molecular complexity index is 719. The van der Waals surface area contributed by atoms with Crippen molar-refractivity contribution >= 4 is 17.2 Å². The standard InChI is InChI=1S/C14H15ClN4O2/c1-21-7-6-19-13(10(15)8-16-19)14(20)11-9-18-5-3-2-4-12(18)17-11/h2-5,8-9,14,20H,6-7H2,1H3. The predicted octanol–water partition coefficient (Wildman–Crippen LogP) is 1.91. The van der Waals surface area contributed by atoms with Gasteiger partial charge >= 0.3 is 0 Å². The molecule has 3 heterocycles. The van der Waals surface area contributed by atoms with E-state index in [9.17, 15) is 5.11 Å². The van der Waals surface area contributed by atoms with Crippen LogP contribution in [0.25, 0.3) is 5.65 Å². The third kappa shape index (κ3) is 2.65. The molecule has 7 heteroatoms. The van der Waals surface area contributed by atoms with Gasteiger partial charge in [0.2, 0.25) is 0 Å². The lowest BCUT2D eigenvalue weighted by Gasteiger charge is -2.12. The lowest BCUT2D eigenvalue weighted by molar-refractivity contribution is 0.170. The number of halogens is 1. The topological polar surface area (TPSA) is 64.6 Å². The van der Waals surface area contributed by atoms with Crippen LogP contribution >= 0.6 is 11.6 Å². The Labute approximate surface area is 126 Å². The van der Waals surface area contributed by atoms with Crippen LogP contribution < -0.4 is 0 Å². The number of fused-ring (bicyclic) bond motifs is 1. The molecule has 0 fully saturated rings. The molecular formula is C14H15ClN4O2. The van der Waals surface area contributed by atoms with Gasteiger partial charge in [0.15, 0.2) is 0 Å². The molecule has 0 spiro atoms. The van der Waals surface area contributed by atoms with Gasteiger partial charge in [-0.25, -0.2) is 4.98 Å². The molecule has 0 aliphatic rings. The minimum absolute atomic E-state index is 0.413. The zero-order valence-corrected chi connectivity index (χ0v) is 12.2. The summed E-state index contributed by atoms with van der Waals surface area (Å²) in [5, 5.41) is 15.2. The number of aliphatic hydroxyl groups is 1. The summed E-state index contributed by atoms with van der Waals surface area (Å²) in [6.07, 6.45) is 4.24. The Morgan fingerprint density at radius 2 is 2.29 bits per heavy atom. The molecule has 0 amide bonds. The van der Waals surface area contributed by atoms with Gasteiger partial charge in [0.1, 0.15) is 11.8 Å². The number of nitrogens with zero attached hydrogens (tertiary/aromatic N) is 4. The van der Waals surface area contributed by atoms with Crippen molar-refractivity contribution in [1.82, 2.24) is 19.2 Å². The third-order valence-electron chi connectivity index (χ3n) is 3.26. The summed E-state index contributed by atoms with van der Waals surface area (Å²) in [4.78, 5) is 4.41. The van der Waals surface area contributed by atoms with Crippen molar-refractivity contribution in [1.29, 1.82) is 0 Å². The SMILES string of the molecule is COCCn1ncc(Cl)c1C(O)c1cn2ccccc2n1. The third-order valence-corrected chi connectivity index (χ3v) is 3.55. The summed E-state index contributed by atoms with van der Waals surface area (Å²) in [5.41, 5.74) is 1.82. The Hall–Kier alpha value is -1.89. The Morgan fingerprint density at radius 1 is 1.43 bits per heavy atom. The molecule has 0 aromatic carbocycles. The normalized spacial score (nSPS) is 12.9. The van der Waals surface area contributed by atoms with E-state index in [4.69, 9.17) is 16.3 Å². The summed E-state index contributed by atoms with van der Waals surface area (Å²) in [5.74, 6) is 0. The molecule has 1 atom stereocenters. The van der Waals surface area contributed by atoms with Gasteiger partial charge in [-0.3, -0.25) is 4.68 Å². The van der Waals surface area contributed by atoms with Crippen molar-refractivity contribution in [2.75, 3.05) is 13.7 Å². The minimum Gasteiger partial charge on any atom is -0.383 e. The molecule has 0 saturated carbocycles. The van der Waals surface area contributed by atoms with Crippen LogP contribution in [0.3, 0.4) is 0 Å². The number of aromatic nitrogens is 4. The number of imidazole rings is 1. The molecule has 0 bridgehead atoms. The van der Waals surface area contributed by atoms with E-state index in [1.807, 2.05) is 28.8 Å². The summed E-state index contributed by atoms with van der Waals surface area (Å²) < 4.78 is 8.53. The van der Waals surface area contributed by atoms with Crippen molar-refractivity contribution in [3.8, 4) is 0 Å². The summed E-state index contributed by atoms with van der Waals surface area (Å²) in [6.45, 7) is 1.01. The van der Waals surface area contributed by atoms with Gasteiger partial charge in [-0.1, -0.05) is 17.7 Å². The second-order valence-electron chi connectivity index (χ2n) is 4.63. The molecule has 6 nitrogen and oxygen atoms in total. The lowest BCUT2D eigenvalue weighted by atomic mass is 10.2. The number of methoxy groups -OCH3 is 1. The Morgan fingerprint density at radius 3 is 3.05 bits per heavy atom. The van der Waals surface area contributed by atoms with Crippen LogP contribution in [0.4, 0.5) is 0 Å². The smallest absolute Gasteiger partial charge is 0.141 e. The maximum Gasteiger partial charge on any atom is 0.141 e. The van der Waals surface area contributed by atoms with E-state index in [1.165, 1.54) is 6.20 Å². The fraction of sp³-hybridized carbons (Fsp3) is 0.286. The number of pyridine rings is 1. The van der Waals surface area contributed by atoms with E-state index in [2.05, 4.69) is 10.1 Å². The molecule has 0 aliphatic carbocycles. The number of hydrogen-bond acceptors (Lipinski definition) is 4. The van der Waals surface area contributed by atoms with Gasteiger partial charge in [-0.15, -0.1) is 0 Å². The predicted molar refractivity (Wildman–Crippen MR) is 78.4 cm³/mol. The Balaban J connectivity index is 1.97. The van der Waals surface area contributed by atoms with Crippen molar-refractivity contribution in [3.05, 3.63) is 53.2 Å². The van der Waals surface area contributed by atoms with Crippen molar-refractivity contribution in [3.63, 3.8) is 0 Å². The molecule has 3 rings (SSSR count). The van der Waals surface area contributed by atoms with E-state index in [1.54, 1.807) is 18.0 Å². The van der Waals surface area contributed by atoms with Crippen LogP contribution in [0.1, 0.15) is 17.5 Å². The molecule has 1 N–H and O–H groups in total. The fourth-order valence-corrected chi connectivity index (χ4v) is 2.47. The average molecular weight is 307 g/mol. The minimum atomic E-state index is -0.934. The van der Waals surface area contributed by atoms with Crippen molar-refractivity contribution < 1.29 is 9.84 Å². The average Bonchev–Trinajstić information content (AvgIpc) is 3.08. The van der Waals surface area contributed by atoms with Crippen LogP contribution in [0.5, 0.6) is 0 Å². The first-order valence-electron chi connectivity index (χ1n) is 6.52. The molecular weight excluding hydrogens is 292 g/mol. The number of aliphatic hydroxyl groups excluding tert-OH is 1. The highest BCUT2D eigenvalue weighted by atomic mass is 35.5. The van der Waals surface area contributed by atoms with E-state index in [0.717, 1.165) is 5.65 Å². The maximum atomic E-state index is 10.6. The Kier molecular flexibility index (Phi) is 3.92. The maximum absolute atomic E-state index is 10.6. The highest BCUT2D eigenvalue weighted by Gasteiger charge is 2.22. The van der Waals surface area contributed by atoms with Gasteiger partial charge < -0.3 is 14.2 Å². The van der Waals surface area contributed by atoms with Crippen molar-refractivity contribution in [2.24, 2.45) is 0 Å². The van der Waals surface area contributed by atoms with Gasteiger partial charge in [0.25, 0.3) is 0 Å². The van der Waals surface area contributed by atoms with E-state index < -0.39 is 6.10 Å². The van der Waals surface area contributed by atoms with Gasteiger partial charge in [-0.05, 0) is 12.1 Å². The van der Waals surface area contributed by atoms with Gasteiger partial charge in [0.05, 0.1) is 35.8 Å². The first-order valence-corrected chi connectivity index (χ1v) is 6.90. The molecule has 1 unspecified atom stereocenters. The highest BCUT2D eigenvalue weighted by Crippen LogP contribution is 2.27. The van der Waals surface area contributed by atoms with E-state index in [-0.39, 0.29) is 0 Å². The quantitative estimate of drug-likeness (QED) is 0.782. The molecule has 3 aromatic rings. The highest BCUT2D eigenvalue weighted by molar-refractivity contribution is 6.31. The fourth-order valence-electron chi connectivity index (χ4n) is 2.23.